The summed E-state index contributed by atoms with van der Waals surface area (Å²) in [7, 11) is 0. The van der Waals surface area contributed by atoms with Crippen LogP contribution in [0.5, 0.6) is 0 Å². The van der Waals surface area contributed by atoms with Gasteiger partial charge in [0.05, 0.1) is 16.8 Å². The maximum absolute atomic E-state index is 13.3. The number of carbonyl (C=O) groups is 1. The molecule has 3 rings (SSSR count). The molecule has 0 saturated carbocycles. The second-order valence-corrected chi connectivity index (χ2v) is 6.52. The molecular formula is C19H15ClF3N3O2. The molecule has 28 heavy (non-hydrogen) atoms. The van der Waals surface area contributed by atoms with Gasteiger partial charge in [0.1, 0.15) is 11.0 Å². The molecule has 0 aliphatic heterocycles. The third kappa shape index (κ3) is 4.56. The van der Waals surface area contributed by atoms with Crippen molar-refractivity contribution < 1.29 is 23.1 Å². The van der Waals surface area contributed by atoms with Gasteiger partial charge in [-0.05, 0) is 37.1 Å². The van der Waals surface area contributed by atoms with Gasteiger partial charge in [0, 0.05) is 30.0 Å². The summed E-state index contributed by atoms with van der Waals surface area (Å²) < 4.78 is 39.8. The summed E-state index contributed by atoms with van der Waals surface area (Å²) >= 11 is 6.19. The van der Waals surface area contributed by atoms with Crippen molar-refractivity contribution in [1.29, 1.82) is 0 Å². The number of carboxylic acids is 1. The Morgan fingerprint density at radius 2 is 1.93 bits per heavy atom. The maximum Gasteiger partial charge on any atom is 0.418 e. The summed E-state index contributed by atoms with van der Waals surface area (Å²) in [6.07, 6.45) is -1.73. The summed E-state index contributed by atoms with van der Waals surface area (Å²) in [4.78, 5) is 23.0. The van der Waals surface area contributed by atoms with Crippen LogP contribution in [0.15, 0.2) is 36.5 Å². The number of aromatic nitrogens is 3. The number of aryl methyl sites for hydroxylation is 1. The van der Waals surface area contributed by atoms with Crippen LogP contribution in [0.1, 0.15) is 30.7 Å². The summed E-state index contributed by atoms with van der Waals surface area (Å²) in [6, 6.07) is 6.79. The molecule has 0 radical (unpaired) electrons. The lowest BCUT2D eigenvalue weighted by molar-refractivity contribution is -0.138. The first-order valence-electron chi connectivity index (χ1n) is 8.46. The van der Waals surface area contributed by atoms with Gasteiger partial charge < -0.3 is 5.11 Å². The topological polar surface area (TPSA) is 76.0 Å². The van der Waals surface area contributed by atoms with Crippen LogP contribution in [-0.2, 0) is 17.4 Å². The van der Waals surface area contributed by atoms with Gasteiger partial charge in [-0.15, -0.1) is 0 Å². The number of nitrogens with zero attached hydrogens (tertiary/aromatic N) is 3. The molecule has 0 unspecified atom stereocenters. The fourth-order valence-electron chi connectivity index (χ4n) is 2.82. The first-order chi connectivity index (χ1) is 13.3. The van der Waals surface area contributed by atoms with Gasteiger partial charge in [-0.25, -0.2) is 9.97 Å². The Labute approximate surface area is 163 Å². The largest absolute Gasteiger partial charge is 0.481 e. The third-order valence-corrected chi connectivity index (χ3v) is 4.41. The Morgan fingerprint density at radius 3 is 2.64 bits per heavy atom. The molecular weight excluding hydrogens is 395 g/mol. The average molecular weight is 410 g/mol. The van der Waals surface area contributed by atoms with Gasteiger partial charge in [-0.1, -0.05) is 17.7 Å². The lowest BCUT2D eigenvalue weighted by atomic mass is 10.0. The third-order valence-electron chi connectivity index (χ3n) is 4.12. The molecule has 0 fully saturated rings. The zero-order valence-electron chi connectivity index (χ0n) is 14.5. The minimum atomic E-state index is -4.53. The number of rotatable bonds is 6. The van der Waals surface area contributed by atoms with E-state index in [1.807, 2.05) is 0 Å². The van der Waals surface area contributed by atoms with E-state index in [-0.39, 0.29) is 22.8 Å². The molecule has 0 amide bonds. The van der Waals surface area contributed by atoms with Gasteiger partial charge in [0.15, 0.2) is 0 Å². The predicted octanol–water partition coefficient (Wildman–Crippen LogP) is 5.16. The molecule has 2 aromatic heterocycles. The summed E-state index contributed by atoms with van der Waals surface area (Å²) in [5, 5.41) is 9.39. The summed E-state index contributed by atoms with van der Waals surface area (Å²) in [6.45, 7) is 0. The molecule has 5 nitrogen and oxygen atoms in total. The van der Waals surface area contributed by atoms with Crippen LogP contribution >= 0.6 is 11.6 Å². The zero-order valence-corrected chi connectivity index (χ0v) is 15.3. The van der Waals surface area contributed by atoms with E-state index >= 15 is 0 Å². The quantitative estimate of drug-likeness (QED) is 0.449. The highest BCUT2D eigenvalue weighted by molar-refractivity contribution is 6.34. The van der Waals surface area contributed by atoms with Gasteiger partial charge in [-0.2, -0.15) is 13.2 Å². The number of pyridine rings is 1. The Hall–Kier alpha value is -2.74. The second kappa shape index (κ2) is 8.10. The van der Waals surface area contributed by atoms with Crippen molar-refractivity contribution in [2.24, 2.45) is 0 Å². The standard InChI is InChI=1S/C19H15ClF3N3O2/c20-18-12-8-7-11(17-13(19(21,22)23)4-3-9-24-17)10-14(12)25-15(26-18)5-1-2-6-16(27)28/h3-4,7-10H,1-2,5-6H2,(H,27,28). The fraction of sp³-hybridized carbons (Fsp3) is 0.263. The molecule has 1 aromatic carbocycles. The lowest BCUT2D eigenvalue weighted by Crippen LogP contribution is -2.08. The summed E-state index contributed by atoms with van der Waals surface area (Å²) in [5.74, 6) is -0.463. The molecule has 3 aromatic rings. The van der Waals surface area contributed by atoms with E-state index in [1.54, 1.807) is 6.07 Å². The average Bonchev–Trinajstić information content (AvgIpc) is 2.64. The number of unbranched alkanes of at least 4 members (excludes halogenated alkanes) is 1. The van der Waals surface area contributed by atoms with Crippen molar-refractivity contribution in [1.82, 2.24) is 15.0 Å². The van der Waals surface area contributed by atoms with Crippen LogP contribution in [-0.4, -0.2) is 26.0 Å². The highest BCUT2D eigenvalue weighted by atomic mass is 35.5. The molecule has 0 aliphatic carbocycles. The minimum Gasteiger partial charge on any atom is -0.481 e. The van der Waals surface area contributed by atoms with E-state index in [2.05, 4.69) is 15.0 Å². The van der Waals surface area contributed by atoms with Crippen LogP contribution in [0.2, 0.25) is 5.15 Å². The normalized spacial score (nSPS) is 11.7. The number of hydrogen-bond donors (Lipinski definition) is 1. The fourth-order valence-corrected chi connectivity index (χ4v) is 3.08. The van der Waals surface area contributed by atoms with Crippen molar-refractivity contribution in [3.63, 3.8) is 0 Å². The van der Waals surface area contributed by atoms with E-state index in [0.29, 0.717) is 36.0 Å². The van der Waals surface area contributed by atoms with Crippen molar-refractivity contribution in [3.8, 4) is 11.3 Å². The number of hydrogen-bond acceptors (Lipinski definition) is 4. The number of carboxylic acid groups (broad SMARTS) is 1. The van der Waals surface area contributed by atoms with Crippen molar-refractivity contribution in [2.45, 2.75) is 31.9 Å². The maximum atomic E-state index is 13.3. The highest BCUT2D eigenvalue weighted by Crippen LogP contribution is 2.36. The van der Waals surface area contributed by atoms with Crippen LogP contribution in [0, 0.1) is 0 Å². The van der Waals surface area contributed by atoms with Crippen LogP contribution in [0.4, 0.5) is 13.2 Å². The van der Waals surface area contributed by atoms with E-state index in [9.17, 15) is 18.0 Å². The van der Waals surface area contributed by atoms with Crippen LogP contribution < -0.4 is 0 Å². The lowest BCUT2D eigenvalue weighted by Gasteiger charge is -2.12. The second-order valence-electron chi connectivity index (χ2n) is 6.16. The van der Waals surface area contributed by atoms with Crippen molar-refractivity contribution in [2.75, 3.05) is 0 Å². The first kappa shape index (κ1) is 20.0. The number of halogens is 4. The number of fused-ring (bicyclic) bond motifs is 1. The van der Waals surface area contributed by atoms with E-state index in [4.69, 9.17) is 16.7 Å². The van der Waals surface area contributed by atoms with Crippen molar-refractivity contribution >= 4 is 28.5 Å². The monoisotopic (exact) mass is 409 g/mol. The van der Waals surface area contributed by atoms with Gasteiger partial charge in [0.25, 0.3) is 0 Å². The Morgan fingerprint density at radius 1 is 1.14 bits per heavy atom. The smallest absolute Gasteiger partial charge is 0.418 e. The number of alkyl halides is 3. The van der Waals surface area contributed by atoms with Gasteiger partial charge in [-0.3, -0.25) is 9.78 Å². The van der Waals surface area contributed by atoms with Crippen molar-refractivity contribution in [3.05, 3.63) is 53.1 Å². The Bertz CT molecular complexity index is 1020. The molecule has 9 heteroatoms. The number of benzene rings is 1. The van der Waals surface area contributed by atoms with Gasteiger partial charge in [0.2, 0.25) is 0 Å². The highest BCUT2D eigenvalue weighted by Gasteiger charge is 2.34. The number of aliphatic carboxylic acids is 1. The molecule has 146 valence electrons. The Kier molecular flexibility index (Phi) is 5.79. The predicted molar refractivity (Wildman–Crippen MR) is 98.0 cm³/mol. The minimum absolute atomic E-state index is 0.0470. The molecule has 1 N–H and O–H groups in total. The molecule has 0 spiro atoms. The zero-order chi connectivity index (χ0) is 20.3. The van der Waals surface area contributed by atoms with E-state index < -0.39 is 17.7 Å². The van der Waals surface area contributed by atoms with Crippen LogP contribution in [0.3, 0.4) is 0 Å². The van der Waals surface area contributed by atoms with Gasteiger partial charge >= 0.3 is 12.1 Å². The molecule has 0 aliphatic rings. The molecule has 0 atom stereocenters. The molecule has 0 bridgehead atoms. The molecule has 0 saturated heterocycles. The van der Waals surface area contributed by atoms with E-state index in [0.717, 1.165) is 6.07 Å². The summed E-state index contributed by atoms with van der Waals surface area (Å²) in [5.41, 5.74) is -0.338. The SMILES string of the molecule is O=C(O)CCCCc1nc(Cl)c2ccc(-c3ncccc3C(F)(F)F)cc2n1. The first-order valence-corrected chi connectivity index (χ1v) is 8.84. The Balaban J connectivity index is 1.96. The van der Waals surface area contributed by atoms with Crippen LogP contribution in [0.25, 0.3) is 22.2 Å². The molecule has 2 heterocycles. The van der Waals surface area contributed by atoms with E-state index in [1.165, 1.54) is 24.4 Å².